The molecule has 1 aromatic heterocycles. The highest BCUT2D eigenvalue weighted by atomic mass is 32.2. The number of benzene rings is 2. The summed E-state index contributed by atoms with van der Waals surface area (Å²) in [5.41, 5.74) is 4.59. The van der Waals surface area contributed by atoms with Gasteiger partial charge in [0.05, 0.1) is 6.04 Å². The number of rotatable bonds is 7. The van der Waals surface area contributed by atoms with Gasteiger partial charge in [0.25, 0.3) is 5.91 Å². The first-order valence-corrected chi connectivity index (χ1v) is 14.6. The largest absolute Gasteiger partial charge is 0.356 e. The van der Waals surface area contributed by atoms with Crippen molar-refractivity contribution in [3.8, 4) is 0 Å². The number of thioether (sulfide) groups is 1. The quantitative estimate of drug-likeness (QED) is 0.444. The minimum atomic E-state index is -0.701. The minimum absolute atomic E-state index is 0.120. The molecule has 2 aliphatic heterocycles. The van der Waals surface area contributed by atoms with Crippen LogP contribution in [-0.4, -0.2) is 57.7 Å². The summed E-state index contributed by atoms with van der Waals surface area (Å²) >= 11 is 1.65. The summed E-state index contributed by atoms with van der Waals surface area (Å²) in [5, 5.41) is 7.28. The number of hydrogen-bond acceptors (Lipinski definition) is 4. The summed E-state index contributed by atoms with van der Waals surface area (Å²) in [6.45, 7) is 0. The van der Waals surface area contributed by atoms with Gasteiger partial charge in [-0.25, -0.2) is 0 Å². The average Bonchev–Trinajstić information content (AvgIpc) is 3.63. The van der Waals surface area contributed by atoms with Crippen molar-refractivity contribution in [1.29, 1.82) is 0 Å². The van der Waals surface area contributed by atoms with E-state index >= 15 is 0 Å². The Bertz CT molecular complexity index is 1360. The molecule has 3 N–H and O–H groups in total. The maximum atomic E-state index is 13.9. The molecule has 2 aromatic carbocycles. The van der Waals surface area contributed by atoms with E-state index in [-0.39, 0.29) is 29.8 Å². The third kappa shape index (κ3) is 4.21. The van der Waals surface area contributed by atoms with Crippen molar-refractivity contribution in [2.24, 2.45) is 0 Å². The fourth-order valence-corrected chi connectivity index (χ4v) is 6.75. The fourth-order valence-electron chi connectivity index (χ4n) is 6.28. The first kappa shape index (κ1) is 24.1. The molecule has 1 aliphatic carbocycles. The summed E-state index contributed by atoms with van der Waals surface area (Å²) < 4.78 is 0. The van der Waals surface area contributed by atoms with Crippen LogP contribution in [0.5, 0.6) is 0 Å². The van der Waals surface area contributed by atoms with E-state index in [2.05, 4.69) is 21.7 Å². The summed E-state index contributed by atoms with van der Waals surface area (Å²) in [7, 11) is 0. The van der Waals surface area contributed by atoms with Gasteiger partial charge in [0.15, 0.2) is 0 Å². The minimum Gasteiger partial charge on any atom is -0.356 e. The molecule has 0 radical (unpaired) electrons. The molecular weight excluding hydrogens is 484 g/mol. The highest BCUT2D eigenvalue weighted by Crippen LogP contribution is 2.46. The molecule has 3 heterocycles. The number of carbonyl (C=O) groups excluding carboxylic acids is 3. The van der Waals surface area contributed by atoms with Crippen LogP contribution >= 0.6 is 11.8 Å². The van der Waals surface area contributed by atoms with Gasteiger partial charge in [-0.2, -0.15) is 11.8 Å². The second-order valence-electron chi connectivity index (χ2n) is 10.3. The molecule has 3 aromatic rings. The topological polar surface area (TPSA) is 94.3 Å². The third-order valence-electron chi connectivity index (χ3n) is 8.10. The van der Waals surface area contributed by atoms with E-state index < -0.39 is 12.1 Å². The van der Waals surface area contributed by atoms with E-state index in [4.69, 9.17) is 0 Å². The van der Waals surface area contributed by atoms with E-state index in [1.165, 1.54) is 0 Å². The number of hydrogen-bond donors (Lipinski definition) is 3. The van der Waals surface area contributed by atoms with Crippen LogP contribution in [0.1, 0.15) is 65.3 Å². The average molecular weight is 517 g/mol. The van der Waals surface area contributed by atoms with Crippen molar-refractivity contribution in [2.75, 3.05) is 12.0 Å². The number of fused-ring (bicyclic) bond motifs is 7. The lowest BCUT2D eigenvalue weighted by atomic mass is 9.89. The second-order valence-corrected chi connectivity index (χ2v) is 11.3. The molecule has 1 saturated carbocycles. The first-order chi connectivity index (χ1) is 18.1. The van der Waals surface area contributed by atoms with Gasteiger partial charge in [0.1, 0.15) is 12.1 Å². The number of aromatic amines is 1. The van der Waals surface area contributed by atoms with Gasteiger partial charge in [-0.05, 0) is 54.5 Å². The van der Waals surface area contributed by atoms with Crippen LogP contribution in [-0.2, 0) is 16.0 Å². The van der Waals surface area contributed by atoms with Crippen LogP contribution in [0.3, 0.4) is 0 Å². The Morgan fingerprint density at radius 2 is 1.86 bits per heavy atom. The van der Waals surface area contributed by atoms with Crippen molar-refractivity contribution in [3.05, 3.63) is 70.9 Å². The molecular formula is C29H32N4O3S. The Kier molecular flexibility index (Phi) is 6.44. The van der Waals surface area contributed by atoms with E-state index in [0.29, 0.717) is 18.4 Å². The molecule has 37 heavy (non-hydrogen) atoms. The number of carbonyl (C=O) groups is 3. The van der Waals surface area contributed by atoms with Crippen LogP contribution in [0.25, 0.3) is 10.9 Å². The van der Waals surface area contributed by atoms with E-state index in [9.17, 15) is 14.4 Å². The van der Waals surface area contributed by atoms with Crippen molar-refractivity contribution in [3.63, 3.8) is 0 Å². The van der Waals surface area contributed by atoms with Crippen LogP contribution in [0.4, 0.5) is 0 Å². The Labute approximate surface area is 220 Å². The third-order valence-corrected chi connectivity index (χ3v) is 8.74. The van der Waals surface area contributed by atoms with Crippen LogP contribution in [0, 0.1) is 0 Å². The molecule has 6 rings (SSSR count). The van der Waals surface area contributed by atoms with E-state index in [1.54, 1.807) is 16.7 Å². The van der Waals surface area contributed by atoms with Crippen LogP contribution in [0.2, 0.25) is 0 Å². The lowest BCUT2D eigenvalue weighted by Gasteiger charge is -2.37. The Morgan fingerprint density at radius 1 is 1.11 bits per heavy atom. The highest BCUT2D eigenvalue weighted by Gasteiger charge is 2.49. The lowest BCUT2D eigenvalue weighted by Crippen LogP contribution is -2.57. The predicted octanol–water partition coefficient (Wildman–Crippen LogP) is 3.93. The zero-order chi connectivity index (χ0) is 25.5. The first-order valence-electron chi connectivity index (χ1n) is 13.2. The predicted molar refractivity (Wildman–Crippen MR) is 146 cm³/mol. The zero-order valence-electron chi connectivity index (χ0n) is 21.0. The van der Waals surface area contributed by atoms with Gasteiger partial charge >= 0.3 is 0 Å². The molecule has 3 unspecified atom stereocenters. The normalized spacial score (nSPS) is 21.4. The zero-order valence-corrected chi connectivity index (χ0v) is 21.8. The number of aromatic nitrogens is 1. The van der Waals surface area contributed by atoms with Gasteiger partial charge in [0, 0.05) is 34.6 Å². The smallest absolute Gasteiger partial charge is 0.255 e. The molecule has 7 nitrogen and oxygen atoms in total. The second kappa shape index (κ2) is 9.89. The SMILES string of the molecule is CSCCC(NC(=O)C1Cc2c([nH]c3ccccc23)C2c3ccccc3C(=O)N12)C(=O)NC1CCCC1. The maximum absolute atomic E-state index is 13.9. The van der Waals surface area contributed by atoms with Crippen molar-refractivity contribution in [1.82, 2.24) is 20.5 Å². The van der Waals surface area contributed by atoms with Crippen LogP contribution < -0.4 is 10.6 Å². The maximum Gasteiger partial charge on any atom is 0.255 e. The Hall–Kier alpha value is -3.26. The van der Waals surface area contributed by atoms with E-state index in [0.717, 1.165) is 59.2 Å². The number of H-pyrrole nitrogens is 1. The monoisotopic (exact) mass is 516 g/mol. The molecule has 192 valence electrons. The molecule has 3 atom stereocenters. The molecule has 0 spiro atoms. The van der Waals surface area contributed by atoms with Gasteiger partial charge in [-0.15, -0.1) is 0 Å². The highest BCUT2D eigenvalue weighted by molar-refractivity contribution is 7.98. The summed E-state index contributed by atoms with van der Waals surface area (Å²) in [6, 6.07) is 14.2. The van der Waals surface area contributed by atoms with E-state index in [1.807, 2.05) is 48.7 Å². The fraction of sp³-hybridized carbons (Fsp3) is 0.414. The standard InChI is InChI=1S/C29H32N4O3S/c1-37-15-14-23(27(34)30-17-8-2-3-9-17)32-28(35)24-16-21-18-10-6-7-13-22(18)31-25(21)26-19-11-4-5-12-20(19)29(36)33(24)26/h4-7,10-13,17,23-24,26,31H,2-3,8-9,14-16H2,1H3,(H,30,34)(H,32,35). The van der Waals surface area contributed by atoms with Crippen LogP contribution in [0.15, 0.2) is 48.5 Å². The number of para-hydroxylation sites is 1. The molecule has 0 bridgehead atoms. The Balaban J connectivity index is 1.34. The number of nitrogens with one attached hydrogen (secondary N) is 3. The van der Waals surface area contributed by atoms with Crippen molar-refractivity contribution < 1.29 is 14.4 Å². The van der Waals surface area contributed by atoms with Crippen molar-refractivity contribution >= 4 is 40.4 Å². The number of amides is 3. The molecule has 1 fully saturated rings. The summed E-state index contributed by atoms with van der Waals surface area (Å²) in [4.78, 5) is 46.0. The van der Waals surface area contributed by atoms with Gasteiger partial charge in [0.2, 0.25) is 11.8 Å². The molecule has 8 heteroatoms. The van der Waals surface area contributed by atoms with Gasteiger partial charge < -0.3 is 20.5 Å². The molecule has 0 saturated heterocycles. The summed E-state index contributed by atoms with van der Waals surface area (Å²) in [6.07, 6.45) is 7.18. The molecule has 3 aliphatic rings. The molecule has 3 amide bonds. The van der Waals surface area contributed by atoms with Gasteiger partial charge in [-0.3, -0.25) is 14.4 Å². The van der Waals surface area contributed by atoms with Crippen molar-refractivity contribution in [2.45, 2.75) is 62.7 Å². The van der Waals surface area contributed by atoms with Gasteiger partial charge in [-0.1, -0.05) is 49.2 Å². The number of nitrogens with zero attached hydrogens (tertiary/aromatic N) is 1. The summed E-state index contributed by atoms with van der Waals surface area (Å²) in [5.74, 6) is 0.234. The lowest BCUT2D eigenvalue weighted by molar-refractivity contribution is -0.132. The Morgan fingerprint density at radius 3 is 2.68 bits per heavy atom.